The molecule has 0 saturated carbocycles. The third-order valence-electron chi connectivity index (χ3n) is 2.41. The predicted molar refractivity (Wildman–Crippen MR) is 62.2 cm³/mol. The SMILES string of the molecule is OCc1ccc(F)c(-c2cccc(OC(F)(F)F)c2)n1. The number of nitrogens with zero attached hydrogens (tertiary/aromatic N) is 1. The number of rotatable bonds is 3. The van der Waals surface area contributed by atoms with Gasteiger partial charge in [-0.05, 0) is 24.3 Å². The van der Waals surface area contributed by atoms with E-state index in [4.69, 9.17) is 5.11 Å². The summed E-state index contributed by atoms with van der Waals surface area (Å²) < 4.78 is 53.8. The first-order chi connectivity index (χ1) is 9.39. The van der Waals surface area contributed by atoms with Crippen molar-refractivity contribution in [2.75, 3.05) is 0 Å². The van der Waals surface area contributed by atoms with Crippen LogP contribution in [0, 0.1) is 5.82 Å². The summed E-state index contributed by atoms with van der Waals surface area (Å²) in [7, 11) is 0. The van der Waals surface area contributed by atoms with E-state index in [1.807, 2.05) is 0 Å². The Hall–Kier alpha value is -2.15. The highest BCUT2D eigenvalue weighted by molar-refractivity contribution is 5.62. The molecule has 1 aromatic carbocycles. The maximum absolute atomic E-state index is 13.7. The summed E-state index contributed by atoms with van der Waals surface area (Å²) in [5, 5.41) is 8.95. The summed E-state index contributed by atoms with van der Waals surface area (Å²) in [5.74, 6) is -1.17. The fraction of sp³-hybridized carbons (Fsp3) is 0.154. The fourth-order valence-electron chi connectivity index (χ4n) is 1.61. The second-order valence-corrected chi connectivity index (χ2v) is 3.87. The molecule has 0 atom stereocenters. The molecule has 20 heavy (non-hydrogen) atoms. The molecule has 0 fully saturated rings. The lowest BCUT2D eigenvalue weighted by molar-refractivity contribution is -0.274. The molecule has 1 heterocycles. The Kier molecular flexibility index (Phi) is 3.89. The van der Waals surface area contributed by atoms with Crippen LogP contribution in [0.1, 0.15) is 5.69 Å². The maximum Gasteiger partial charge on any atom is 0.573 e. The standard InChI is InChI=1S/C13H9F4NO2/c14-11-5-4-9(7-19)18-12(11)8-2-1-3-10(6-8)20-13(15,16)17/h1-6,19H,7H2. The molecule has 2 rings (SSSR count). The Morgan fingerprint density at radius 1 is 1.15 bits per heavy atom. The van der Waals surface area contributed by atoms with Gasteiger partial charge in [-0.25, -0.2) is 9.37 Å². The second kappa shape index (κ2) is 5.46. The van der Waals surface area contributed by atoms with Gasteiger partial charge in [0.25, 0.3) is 0 Å². The van der Waals surface area contributed by atoms with Gasteiger partial charge < -0.3 is 9.84 Å². The van der Waals surface area contributed by atoms with Crippen LogP contribution < -0.4 is 4.74 Å². The molecule has 0 aliphatic carbocycles. The molecule has 0 amide bonds. The minimum absolute atomic E-state index is 0.125. The first kappa shape index (κ1) is 14.3. The first-order valence-corrected chi connectivity index (χ1v) is 5.51. The number of alkyl halides is 3. The number of hydrogen-bond donors (Lipinski definition) is 1. The van der Waals surface area contributed by atoms with Crippen LogP contribution in [0.15, 0.2) is 36.4 Å². The van der Waals surface area contributed by atoms with E-state index in [-0.39, 0.29) is 17.0 Å². The van der Waals surface area contributed by atoms with Crippen molar-refractivity contribution in [3.05, 3.63) is 47.9 Å². The quantitative estimate of drug-likeness (QED) is 0.881. The number of aromatic nitrogens is 1. The van der Waals surface area contributed by atoms with Crippen molar-refractivity contribution in [2.45, 2.75) is 13.0 Å². The average Bonchev–Trinajstić information content (AvgIpc) is 2.37. The van der Waals surface area contributed by atoms with Crippen LogP contribution in [0.2, 0.25) is 0 Å². The molecule has 0 spiro atoms. The van der Waals surface area contributed by atoms with E-state index < -0.39 is 24.5 Å². The Balaban J connectivity index is 2.40. The van der Waals surface area contributed by atoms with E-state index in [2.05, 4.69) is 9.72 Å². The molecule has 1 aromatic heterocycles. The van der Waals surface area contributed by atoms with Crippen molar-refractivity contribution < 1.29 is 27.4 Å². The molecule has 2 aromatic rings. The molecule has 0 unspecified atom stereocenters. The van der Waals surface area contributed by atoms with Gasteiger partial charge in [-0.2, -0.15) is 0 Å². The van der Waals surface area contributed by atoms with Crippen LogP contribution >= 0.6 is 0 Å². The van der Waals surface area contributed by atoms with Crippen molar-refractivity contribution in [1.29, 1.82) is 0 Å². The normalized spacial score (nSPS) is 11.4. The van der Waals surface area contributed by atoms with Crippen LogP contribution in [0.4, 0.5) is 17.6 Å². The highest BCUT2D eigenvalue weighted by Gasteiger charge is 2.31. The zero-order valence-electron chi connectivity index (χ0n) is 9.99. The maximum atomic E-state index is 13.7. The monoisotopic (exact) mass is 287 g/mol. The number of benzene rings is 1. The second-order valence-electron chi connectivity index (χ2n) is 3.87. The zero-order valence-corrected chi connectivity index (χ0v) is 9.99. The van der Waals surface area contributed by atoms with Gasteiger partial charge in [-0.3, -0.25) is 0 Å². The molecule has 0 aliphatic heterocycles. The molecule has 0 saturated heterocycles. The van der Waals surface area contributed by atoms with Gasteiger partial charge in [0.15, 0.2) is 0 Å². The van der Waals surface area contributed by atoms with Crippen molar-refractivity contribution in [1.82, 2.24) is 4.98 Å². The highest BCUT2D eigenvalue weighted by Crippen LogP contribution is 2.28. The van der Waals surface area contributed by atoms with Crippen LogP contribution in [0.3, 0.4) is 0 Å². The van der Waals surface area contributed by atoms with Crippen LogP contribution in [-0.4, -0.2) is 16.5 Å². The van der Waals surface area contributed by atoms with E-state index in [1.165, 1.54) is 18.2 Å². The number of aliphatic hydroxyl groups is 1. The van der Waals surface area contributed by atoms with E-state index in [1.54, 1.807) is 0 Å². The molecule has 1 N–H and O–H groups in total. The molecule has 106 valence electrons. The number of ether oxygens (including phenoxy) is 1. The van der Waals surface area contributed by atoms with Crippen molar-refractivity contribution in [3.8, 4) is 17.0 Å². The largest absolute Gasteiger partial charge is 0.573 e. The summed E-state index contributed by atoms with van der Waals surface area (Å²) in [6.07, 6.45) is -4.82. The molecule has 0 aliphatic rings. The van der Waals surface area contributed by atoms with Gasteiger partial charge in [0.2, 0.25) is 0 Å². The molecule has 7 heteroatoms. The van der Waals surface area contributed by atoms with Gasteiger partial charge in [0, 0.05) is 5.56 Å². The van der Waals surface area contributed by atoms with Crippen LogP contribution in [0.5, 0.6) is 5.75 Å². The Morgan fingerprint density at radius 2 is 1.90 bits per heavy atom. The molecule has 0 radical (unpaired) electrons. The summed E-state index contributed by atoms with van der Waals surface area (Å²) in [6.45, 7) is -0.397. The summed E-state index contributed by atoms with van der Waals surface area (Å²) in [6, 6.07) is 7.20. The van der Waals surface area contributed by atoms with E-state index in [9.17, 15) is 17.6 Å². The van der Waals surface area contributed by atoms with Gasteiger partial charge >= 0.3 is 6.36 Å². The summed E-state index contributed by atoms with van der Waals surface area (Å²) in [4.78, 5) is 3.84. The highest BCUT2D eigenvalue weighted by atomic mass is 19.4. The average molecular weight is 287 g/mol. The predicted octanol–water partition coefficient (Wildman–Crippen LogP) is 3.28. The van der Waals surface area contributed by atoms with Crippen molar-refractivity contribution in [2.24, 2.45) is 0 Å². The zero-order chi connectivity index (χ0) is 14.8. The third-order valence-corrected chi connectivity index (χ3v) is 2.41. The molecular weight excluding hydrogens is 278 g/mol. The van der Waals surface area contributed by atoms with Gasteiger partial charge in [-0.15, -0.1) is 13.2 Å². The topological polar surface area (TPSA) is 42.4 Å². The Morgan fingerprint density at radius 3 is 2.55 bits per heavy atom. The van der Waals surface area contributed by atoms with E-state index in [0.717, 1.165) is 18.2 Å². The molecular formula is C13H9F4NO2. The lowest BCUT2D eigenvalue weighted by atomic mass is 10.1. The lowest BCUT2D eigenvalue weighted by Gasteiger charge is -2.10. The minimum atomic E-state index is -4.82. The lowest BCUT2D eigenvalue weighted by Crippen LogP contribution is -2.17. The molecule has 3 nitrogen and oxygen atoms in total. The van der Waals surface area contributed by atoms with Gasteiger partial charge in [0.1, 0.15) is 17.3 Å². The molecule has 0 bridgehead atoms. The third kappa shape index (κ3) is 3.45. The number of hydrogen-bond acceptors (Lipinski definition) is 3. The van der Waals surface area contributed by atoms with Gasteiger partial charge in [0.05, 0.1) is 12.3 Å². The number of halogens is 4. The summed E-state index contributed by atoms with van der Waals surface area (Å²) >= 11 is 0. The smallest absolute Gasteiger partial charge is 0.406 e. The number of pyridine rings is 1. The van der Waals surface area contributed by atoms with Crippen molar-refractivity contribution in [3.63, 3.8) is 0 Å². The first-order valence-electron chi connectivity index (χ1n) is 5.51. The van der Waals surface area contributed by atoms with Gasteiger partial charge in [-0.1, -0.05) is 12.1 Å². The fourth-order valence-corrected chi connectivity index (χ4v) is 1.61. The Bertz CT molecular complexity index is 614. The summed E-state index contributed by atoms with van der Waals surface area (Å²) in [5.41, 5.74) is 0.187. The van der Waals surface area contributed by atoms with E-state index >= 15 is 0 Å². The minimum Gasteiger partial charge on any atom is -0.406 e. The van der Waals surface area contributed by atoms with Crippen LogP contribution in [-0.2, 0) is 6.61 Å². The van der Waals surface area contributed by atoms with E-state index in [0.29, 0.717) is 0 Å². The Labute approximate surface area is 111 Å². The number of aliphatic hydroxyl groups excluding tert-OH is 1. The van der Waals surface area contributed by atoms with Crippen molar-refractivity contribution >= 4 is 0 Å². The van der Waals surface area contributed by atoms with Crippen LogP contribution in [0.25, 0.3) is 11.3 Å².